The van der Waals surface area contributed by atoms with Crippen LogP contribution in [0.5, 0.6) is 5.06 Å². The molecule has 7 rings (SSSR count). The average molecular weight is 581 g/mol. The second-order valence-corrected chi connectivity index (χ2v) is 14.4. The minimum atomic E-state index is -0.0927. The number of carbonyl (C=O) groups excluding carboxylic acids is 1. The van der Waals surface area contributed by atoms with Crippen LogP contribution in [0, 0.1) is 0 Å². The van der Waals surface area contributed by atoms with Gasteiger partial charge in [0.25, 0.3) is 0 Å². The molecule has 2 aromatic carbocycles. The van der Waals surface area contributed by atoms with E-state index in [0.29, 0.717) is 0 Å². The molecule has 0 N–H and O–H groups in total. The molecule has 0 unspecified atom stereocenters. The summed E-state index contributed by atoms with van der Waals surface area (Å²) < 4.78 is 5.39. The molecule has 4 aromatic heterocycles. The molecular weight excluding hydrogens is 557 g/mol. The van der Waals surface area contributed by atoms with Gasteiger partial charge in [-0.3, -0.25) is 4.79 Å². The topological polar surface area (TPSA) is 26.3 Å². The highest BCUT2D eigenvalue weighted by atomic mass is 32.1. The Morgan fingerprint density at radius 3 is 1.59 bits per heavy atom. The van der Waals surface area contributed by atoms with Gasteiger partial charge in [0.2, 0.25) is 0 Å². The first-order valence-corrected chi connectivity index (χ1v) is 15.9. The van der Waals surface area contributed by atoms with E-state index in [1.807, 2.05) is 29.5 Å². The zero-order valence-corrected chi connectivity index (χ0v) is 24.9. The minimum absolute atomic E-state index is 0.0927. The molecule has 4 heterocycles. The summed E-state index contributed by atoms with van der Waals surface area (Å²) in [6.45, 7) is 4.69. The van der Waals surface area contributed by atoms with Crippen LogP contribution in [0.15, 0.2) is 84.9 Å². The Kier molecular flexibility index (Phi) is 5.97. The molecule has 6 aromatic rings. The molecule has 0 bridgehead atoms. The van der Waals surface area contributed by atoms with Crippen LogP contribution in [-0.4, -0.2) is 13.4 Å². The fourth-order valence-corrected chi connectivity index (χ4v) is 9.23. The highest BCUT2D eigenvalue weighted by Gasteiger charge is 2.36. The van der Waals surface area contributed by atoms with Gasteiger partial charge >= 0.3 is 0 Å². The number of hydrogen-bond acceptors (Lipinski definition) is 6. The van der Waals surface area contributed by atoms with Crippen LogP contribution in [-0.2, 0) is 5.41 Å². The van der Waals surface area contributed by atoms with Gasteiger partial charge in [0.1, 0.15) is 0 Å². The molecule has 1 aliphatic rings. The van der Waals surface area contributed by atoms with Crippen LogP contribution in [0.25, 0.3) is 51.5 Å². The summed E-state index contributed by atoms with van der Waals surface area (Å²) >= 11 is 6.85. The third kappa shape index (κ3) is 4.14. The molecule has 0 aliphatic heterocycles. The Bertz CT molecular complexity index is 1860. The summed E-state index contributed by atoms with van der Waals surface area (Å²) in [6.07, 6.45) is 0.923. The first-order valence-electron chi connectivity index (χ1n) is 12.6. The molecule has 0 saturated carbocycles. The number of benzene rings is 2. The van der Waals surface area contributed by atoms with Crippen LogP contribution in [0.1, 0.15) is 34.6 Å². The van der Waals surface area contributed by atoms with Crippen molar-refractivity contribution in [3.8, 4) is 56.6 Å². The monoisotopic (exact) mass is 580 g/mol. The molecule has 6 heteroatoms. The molecule has 192 valence electrons. The number of aldehydes is 1. The first kappa shape index (κ1) is 24.7. The second-order valence-electron chi connectivity index (χ2n) is 10.1. The van der Waals surface area contributed by atoms with Gasteiger partial charge in [-0.05, 0) is 94.0 Å². The van der Waals surface area contributed by atoms with E-state index in [-0.39, 0.29) is 5.41 Å². The number of fused-ring (bicyclic) bond motifs is 3. The van der Waals surface area contributed by atoms with Gasteiger partial charge in [-0.15, -0.1) is 34.0 Å². The van der Waals surface area contributed by atoms with Crippen molar-refractivity contribution in [1.29, 1.82) is 0 Å². The lowest BCUT2D eigenvalue weighted by Crippen LogP contribution is -2.15. The van der Waals surface area contributed by atoms with Gasteiger partial charge < -0.3 is 4.74 Å². The SMILES string of the molecule is COc1ccc(-c2ccc(-c3ccc4c(c3)C(C)(C)c3cc(-c5ccc(-c6ccc(C=O)s6)s5)ccc3-4)s2)s1. The van der Waals surface area contributed by atoms with Gasteiger partial charge in [-0.25, -0.2) is 0 Å². The predicted molar refractivity (Wildman–Crippen MR) is 169 cm³/mol. The zero-order valence-electron chi connectivity index (χ0n) is 21.6. The van der Waals surface area contributed by atoms with Crippen LogP contribution >= 0.6 is 45.3 Å². The van der Waals surface area contributed by atoms with Crippen molar-refractivity contribution in [3.05, 3.63) is 101 Å². The number of methoxy groups -OCH3 is 1. The number of thiophene rings is 4. The highest BCUT2D eigenvalue weighted by molar-refractivity contribution is 7.25. The van der Waals surface area contributed by atoms with E-state index in [4.69, 9.17) is 4.74 Å². The molecule has 2 nitrogen and oxygen atoms in total. The third-order valence-corrected chi connectivity index (χ3v) is 12.2. The molecule has 0 atom stereocenters. The maximum Gasteiger partial charge on any atom is 0.173 e. The summed E-state index contributed by atoms with van der Waals surface area (Å²) in [4.78, 5) is 19.3. The van der Waals surface area contributed by atoms with Gasteiger partial charge in [-0.1, -0.05) is 49.4 Å². The fraction of sp³-hybridized carbons (Fsp3) is 0.121. The molecule has 0 amide bonds. The fourth-order valence-electron chi connectivity index (χ4n) is 5.41. The number of ether oxygens (including phenoxy) is 1. The van der Waals surface area contributed by atoms with Crippen molar-refractivity contribution in [2.24, 2.45) is 0 Å². The Balaban J connectivity index is 1.21. The number of rotatable bonds is 6. The minimum Gasteiger partial charge on any atom is -0.487 e. The molecule has 0 fully saturated rings. The van der Waals surface area contributed by atoms with Crippen molar-refractivity contribution < 1.29 is 9.53 Å². The maximum atomic E-state index is 11.1. The summed E-state index contributed by atoms with van der Waals surface area (Å²) in [5.41, 5.74) is 7.83. The molecule has 0 spiro atoms. The van der Waals surface area contributed by atoms with E-state index in [2.05, 4.69) is 80.6 Å². The Labute approximate surface area is 243 Å². The maximum absolute atomic E-state index is 11.1. The molecule has 1 aliphatic carbocycles. The molecule has 0 radical (unpaired) electrons. The van der Waals surface area contributed by atoms with Crippen molar-refractivity contribution in [2.75, 3.05) is 7.11 Å². The van der Waals surface area contributed by atoms with Crippen molar-refractivity contribution in [2.45, 2.75) is 19.3 Å². The first-order chi connectivity index (χ1) is 18.9. The van der Waals surface area contributed by atoms with Gasteiger partial charge in [0, 0.05) is 34.7 Å². The Morgan fingerprint density at radius 1 is 0.590 bits per heavy atom. The van der Waals surface area contributed by atoms with Crippen LogP contribution in [0.4, 0.5) is 0 Å². The van der Waals surface area contributed by atoms with E-state index in [1.54, 1.807) is 41.1 Å². The van der Waals surface area contributed by atoms with E-state index < -0.39 is 0 Å². The van der Waals surface area contributed by atoms with E-state index in [1.165, 1.54) is 57.8 Å². The van der Waals surface area contributed by atoms with Gasteiger partial charge in [-0.2, -0.15) is 0 Å². The summed E-state index contributed by atoms with van der Waals surface area (Å²) in [6, 6.07) is 30.8. The lowest BCUT2D eigenvalue weighted by Gasteiger charge is -2.22. The standard InChI is InChI=1S/C33H24O2S4/c1-33(2)24-16-19(26-10-12-29(37-26)28-9-6-21(18-34)36-28)4-7-22(24)23-8-5-20(17-25(23)33)27-11-13-30(38-27)31-14-15-32(35-3)39-31/h4-18H,1-3H3. The van der Waals surface area contributed by atoms with Gasteiger partial charge in [0.15, 0.2) is 11.3 Å². The highest BCUT2D eigenvalue weighted by Crippen LogP contribution is 2.52. The average Bonchev–Trinajstić information content (AvgIpc) is 3.78. The quantitative estimate of drug-likeness (QED) is 0.183. The summed E-state index contributed by atoms with van der Waals surface area (Å²) in [5.74, 6) is 0. The van der Waals surface area contributed by atoms with Crippen molar-refractivity contribution in [3.63, 3.8) is 0 Å². The number of carbonyl (C=O) groups is 1. The lowest BCUT2D eigenvalue weighted by molar-refractivity contribution is 0.112. The second kappa shape index (κ2) is 9.42. The molecular formula is C33H24O2S4. The van der Waals surface area contributed by atoms with Crippen molar-refractivity contribution in [1.82, 2.24) is 0 Å². The third-order valence-electron chi connectivity index (χ3n) is 7.47. The number of hydrogen-bond donors (Lipinski definition) is 0. The van der Waals surface area contributed by atoms with Crippen LogP contribution < -0.4 is 4.74 Å². The van der Waals surface area contributed by atoms with Crippen LogP contribution in [0.3, 0.4) is 0 Å². The van der Waals surface area contributed by atoms with Crippen molar-refractivity contribution >= 4 is 51.6 Å². The Hall–Kier alpha value is -3.29. The lowest BCUT2D eigenvalue weighted by atomic mass is 9.81. The smallest absolute Gasteiger partial charge is 0.173 e. The van der Waals surface area contributed by atoms with E-state index in [9.17, 15) is 4.79 Å². The summed E-state index contributed by atoms with van der Waals surface area (Å²) in [7, 11) is 1.72. The van der Waals surface area contributed by atoms with E-state index >= 15 is 0 Å². The van der Waals surface area contributed by atoms with Crippen LogP contribution in [0.2, 0.25) is 0 Å². The van der Waals surface area contributed by atoms with Gasteiger partial charge in [0.05, 0.1) is 12.0 Å². The normalized spacial score (nSPS) is 13.3. The zero-order chi connectivity index (χ0) is 26.7. The van der Waals surface area contributed by atoms with E-state index in [0.717, 1.165) is 21.1 Å². The largest absolute Gasteiger partial charge is 0.487 e. The predicted octanol–water partition coefficient (Wildman–Crippen LogP) is 10.7. The summed E-state index contributed by atoms with van der Waals surface area (Å²) in [5, 5.41) is 0.939. The Morgan fingerprint density at radius 2 is 1.08 bits per heavy atom. The molecule has 39 heavy (non-hydrogen) atoms. The molecule has 0 saturated heterocycles.